The first-order valence-electron chi connectivity index (χ1n) is 9.84. The standard InChI is InChI=1S/C21H18Cl2F2N2O2.CHF3/c1-11-4-12(2-3-17(11)20(28)26-16-9-21(24,25)10-16)18-8-19(29-27-18)13-5-14(22)7-15(23)6-13;2-1(3)4/h2-7,16,19H,8-10H2,1H3,(H,26,28);1H. The number of oxime groups is 1. The van der Waals surface area contributed by atoms with Crippen LogP contribution in [0.2, 0.25) is 10.0 Å². The maximum atomic E-state index is 13.0. The van der Waals surface area contributed by atoms with Crippen LogP contribution in [0.1, 0.15) is 52.4 Å². The first-order chi connectivity index (χ1) is 15.4. The second-order valence-electron chi connectivity index (χ2n) is 7.75. The van der Waals surface area contributed by atoms with E-state index < -0.39 is 18.6 Å². The monoisotopic (exact) mass is 508 g/mol. The molecule has 4 nitrogen and oxygen atoms in total. The Labute approximate surface area is 196 Å². The van der Waals surface area contributed by atoms with E-state index in [1.807, 2.05) is 6.07 Å². The van der Waals surface area contributed by atoms with Gasteiger partial charge in [-0.2, -0.15) is 13.2 Å². The molecule has 1 unspecified atom stereocenters. The van der Waals surface area contributed by atoms with E-state index in [1.54, 1.807) is 37.3 Å². The zero-order valence-corrected chi connectivity index (χ0v) is 18.7. The molecule has 1 N–H and O–H groups in total. The lowest BCUT2D eigenvalue weighted by Gasteiger charge is -2.35. The number of hydrogen-bond acceptors (Lipinski definition) is 3. The van der Waals surface area contributed by atoms with Crippen molar-refractivity contribution in [3.8, 4) is 0 Å². The summed E-state index contributed by atoms with van der Waals surface area (Å²) in [7, 11) is 0. The van der Waals surface area contributed by atoms with Gasteiger partial charge in [0.25, 0.3) is 11.8 Å². The highest BCUT2D eigenvalue weighted by molar-refractivity contribution is 6.34. The molecule has 1 atom stereocenters. The smallest absolute Gasteiger partial charge is 0.379 e. The van der Waals surface area contributed by atoms with Crippen molar-refractivity contribution in [2.75, 3.05) is 0 Å². The Bertz CT molecular complexity index is 1030. The summed E-state index contributed by atoms with van der Waals surface area (Å²) in [6, 6.07) is 10.1. The SMILES string of the molecule is Cc1cc(C2=NOC(c3cc(Cl)cc(Cl)c3)C2)ccc1C(=O)NC1CC(F)(F)C1.FC(F)F. The second-order valence-corrected chi connectivity index (χ2v) is 8.62. The van der Waals surface area contributed by atoms with Crippen LogP contribution < -0.4 is 5.32 Å². The van der Waals surface area contributed by atoms with Crippen LogP contribution >= 0.6 is 23.2 Å². The third kappa shape index (κ3) is 6.80. The fourth-order valence-corrected chi connectivity index (χ4v) is 4.15. The maximum absolute atomic E-state index is 13.0. The van der Waals surface area contributed by atoms with Crippen LogP contribution in [0.5, 0.6) is 0 Å². The van der Waals surface area contributed by atoms with Crippen LogP contribution in [0.15, 0.2) is 41.6 Å². The van der Waals surface area contributed by atoms with Gasteiger partial charge in [0.05, 0.1) is 5.71 Å². The molecule has 11 heteroatoms. The summed E-state index contributed by atoms with van der Waals surface area (Å²) < 4.78 is 54.9. The molecule has 33 heavy (non-hydrogen) atoms. The van der Waals surface area contributed by atoms with Crippen molar-refractivity contribution in [2.24, 2.45) is 5.16 Å². The molecule has 1 aliphatic heterocycles. The average Bonchev–Trinajstić information content (AvgIpc) is 3.15. The quantitative estimate of drug-likeness (QED) is 0.458. The molecule has 1 fully saturated rings. The maximum Gasteiger partial charge on any atom is 0.379 e. The fraction of sp³-hybridized carbons (Fsp3) is 0.364. The molecule has 2 aromatic rings. The van der Waals surface area contributed by atoms with E-state index >= 15 is 0 Å². The van der Waals surface area contributed by atoms with Crippen molar-refractivity contribution in [1.29, 1.82) is 0 Å². The molecule has 0 radical (unpaired) electrons. The van der Waals surface area contributed by atoms with Crippen LogP contribution in [-0.4, -0.2) is 30.3 Å². The van der Waals surface area contributed by atoms with Crippen molar-refractivity contribution in [2.45, 2.75) is 50.9 Å². The molecule has 0 aromatic heterocycles. The lowest BCUT2D eigenvalue weighted by Crippen LogP contribution is -2.50. The van der Waals surface area contributed by atoms with Gasteiger partial charge < -0.3 is 10.2 Å². The molecule has 1 saturated carbocycles. The van der Waals surface area contributed by atoms with Gasteiger partial charge in [-0.1, -0.05) is 34.4 Å². The van der Waals surface area contributed by atoms with Gasteiger partial charge in [0.15, 0.2) is 6.10 Å². The van der Waals surface area contributed by atoms with Gasteiger partial charge in [-0.3, -0.25) is 4.79 Å². The summed E-state index contributed by atoms with van der Waals surface area (Å²) in [4.78, 5) is 17.9. The largest absolute Gasteiger partial charge is 0.387 e. The van der Waals surface area contributed by atoms with E-state index in [-0.39, 0.29) is 24.9 Å². The molecule has 2 aromatic carbocycles. The van der Waals surface area contributed by atoms with Gasteiger partial charge in [0.2, 0.25) is 0 Å². The summed E-state index contributed by atoms with van der Waals surface area (Å²) in [5.74, 6) is -3.01. The number of carbonyl (C=O) groups excluding carboxylic acids is 1. The lowest BCUT2D eigenvalue weighted by atomic mass is 9.88. The molecular weight excluding hydrogens is 490 g/mol. The third-order valence-corrected chi connectivity index (χ3v) is 5.59. The minimum absolute atomic E-state index is 0.287. The van der Waals surface area contributed by atoms with Crippen molar-refractivity contribution >= 4 is 34.8 Å². The molecule has 4 rings (SSSR count). The number of amides is 1. The van der Waals surface area contributed by atoms with Crippen LogP contribution in [-0.2, 0) is 4.84 Å². The molecule has 0 spiro atoms. The number of alkyl halides is 5. The number of rotatable bonds is 4. The zero-order valence-electron chi connectivity index (χ0n) is 17.2. The number of aryl methyl sites for hydroxylation is 1. The molecule has 178 valence electrons. The number of benzene rings is 2. The van der Waals surface area contributed by atoms with Crippen molar-refractivity contribution < 1.29 is 31.6 Å². The van der Waals surface area contributed by atoms with Crippen molar-refractivity contribution in [3.63, 3.8) is 0 Å². The number of hydrogen-bond donors (Lipinski definition) is 1. The van der Waals surface area contributed by atoms with E-state index in [2.05, 4.69) is 10.5 Å². The van der Waals surface area contributed by atoms with Crippen LogP contribution in [0.3, 0.4) is 0 Å². The summed E-state index contributed by atoms with van der Waals surface area (Å²) in [6.07, 6.45) is -0.360. The van der Waals surface area contributed by atoms with Gasteiger partial charge in [0, 0.05) is 40.9 Å². The molecule has 0 bridgehead atoms. The number of nitrogens with zero attached hydrogens (tertiary/aromatic N) is 1. The summed E-state index contributed by atoms with van der Waals surface area (Å²) >= 11 is 12.1. The number of halogens is 7. The van der Waals surface area contributed by atoms with Crippen molar-refractivity contribution in [3.05, 3.63) is 68.7 Å². The second kappa shape index (κ2) is 10.3. The summed E-state index contributed by atoms with van der Waals surface area (Å²) in [5, 5.41) is 7.89. The molecule has 1 aliphatic carbocycles. The number of carbonyl (C=O) groups is 1. The zero-order chi connectivity index (χ0) is 24.3. The van der Waals surface area contributed by atoms with Crippen molar-refractivity contribution in [1.82, 2.24) is 5.32 Å². The van der Waals surface area contributed by atoms with E-state index in [0.717, 1.165) is 22.4 Å². The highest BCUT2D eigenvalue weighted by atomic mass is 35.5. The Hall–Kier alpha value is -2.39. The average molecular weight is 509 g/mol. The first-order valence-corrected chi connectivity index (χ1v) is 10.6. The highest BCUT2D eigenvalue weighted by Crippen LogP contribution is 2.37. The Kier molecular flexibility index (Phi) is 7.84. The van der Waals surface area contributed by atoms with E-state index in [0.29, 0.717) is 22.0 Å². The molecule has 2 aliphatic rings. The molecular formula is C22H19Cl2F5N2O2. The van der Waals surface area contributed by atoms with E-state index in [4.69, 9.17) is 28.0 Å². The van der Waals surface area contributed by atoms with Gasteiger partial charge in [-0.05, 0) is 53.9 Å². The van der Waals surface area contributed by atoms with Crippen LogP contribution in [0.4, 0.5) is 22.0 Å². The molecule has 1 amide bonds. The fourth-order valence-electron chi connectivity index (χ4n) is 3.61. The number of nitrogens with one attached hydrogen (secondary N) is 1. The Morgan fingerprint density at radius 3 is 2.27 bits per heavy atom. The van der Waals surface area contributed by atoms with E-state index in [9.17, 15) is 26.7 Å². The minimum atomic E-state index is -3.67. The van der Waals surface area contributed by atoms with Gasteiger partial charge in [0.1, 0.15) is 0 Å². The summed E-state index contributed by atoms with van der Waals surface area (Å²) in [5.41, 5.74) is 3.63. The summed E-state index contributed by atoms with van der Waals surface area (Å²) in [6.45, 7) is -1.86. The predicted molar refractivity (Wildman–Crippen MR) is 115 cm³/mol. The normalized spacial score (nSPS) is 19.2. The van der Waals surface area contributed by atoms with Gasteiger partial charge >= 0.3 is 6.68 Å². The first kappa shape index (κ1) is 25.2. The Morgan fingerprint density at radius 2 is 1.73 bits per heavy atom. The molecule has 0 saturated heterocycles. The van der Waals surface area contributed by atoms with E-state index in [1.165, 1.54) is 0 Å². The third-order valence-electron chi connectivity index (χ3n) is 5.16. The highest BCUT2D eigenvalue weighted by Gasteiger charge is 2.46. The Balaban J connectivity index is 0.000000709. The van der Waals surface area contributed by atoms with Gasteiger partial charge in [-0.15, -0.1) is 0 Å². The van der Waals surface area contributed by atoms with Gasteiger partial charge in [-0.25, -0.2) is 8.78 Å². The predicted octanol–water partition coefficient (Wildman–Crippen LogP) is 6.87. The van der Waals surface area contributed by atoms with Crippen LogP contribution in [0, 0.1) is 6.92 Å². The lowest BCUT2D eigenvalue weighted by molar-refractivity contribution is -0.0901. The van der Waals surface area contributed by atoms with Crippen LogP contribution in [0.25, 0.3) is 0 Å². The topological polar surface area (TPSA) is 50.7 Å². The minimum Gasteiger partial charge on any atom is -0.387 e. The Morgan fingerprint density at radius 1 is 1.12 bits per heavy atom. The molecule has 1 heterocycles.